The van der Waals surface area contributed by atoms with Crippen molar-refractivity contribution >= 4 is 41.5 Å². The van der Waals surface area contributed by atoms with Crippen LogP contribution in [0.25, 0.3) is 0 Å². The highest BCUT2D eigenvalue weighted by molar-refractivity contribution is 14.0. The standard InChI is InChI=1S/C16H27ClN4.HI/c1-4-5-11-21(3)12-10-19-16(18-2)20-13-14-6-8-15(17)9-7-14;/h6-9H,4-5,10-13H2,1-3H3,(H2,18,19,20);1H. The fourth-order valence-electron chi connectivity index (χ4n) is 1.91. The van der Waals surface area contributed by atoms with Crippen molar-refractivity contribution in [3.05, 3.63) is 34.9 Å². The largest absolute Gasteiger partial charge is 0.355 e. The molecule has 0 saturated heterocycles. The Bertz CT molecular complexity index is 423. The number of rotatable bonds is 8. The molecule has 126 valence electrons. The van der Waals surface area contributed by atoms with E-state index in [1.165, 1.54) is 18.4 Å². The van der Waals surface area contributed by atoms with Gasteiger partial charge in [0.1, 0.15) is 0 Å². The summed E-state index contributed by atoms with van der Waals surface area (Å²) < 4.78 is 0. The van der Waals surface area contributed by atoms with E-state index in [0.717, 1.165) is 37.2 Å². The van der Waals surface area contributed by atoms with E-state index in [4.69, 9.17) is 11.6 Å². The molecule has 0 aliphatic heterocycles. The van der Waals surface area contributed by atoms with Crippen LogP contribution in [0.5, 0.6) is 0 Å². The zero-order valence-electron chi connectivity index (χ0n) is 13.7. The van der Waals surface area contributed by atoms with Crippen molar-refractivity contribution in [3.8, 4) is 0 Å². The van der Waals surface area contributed by atoms with Gasteiger partial charge >= 0.3 is 0 Å². The molecular formula is C16H28ClIN4. The molecule has 1 aromatic rings. The first kappa shape index (κ1) is 21.5. The number of hydrogen-bond acceptors (Lipinski definition) is 2. The number of likely N-dealkylation sites (N-methyl/N-ethyl adjacent to an activating group) is 1. The van der Waals surface area contributed by atoms with E-state index in [9.17, 15) is 0 Å². The summed E-state index contributed by atoms with van der Waals surface area (Å²) in [6.07, 6.45) is 2.49. The van der Waals surface area contributed by atoms with Crippen LogP contribution in [0.2, 0.25) is 5.02 Å². The van der Waals surface area contributed by atoms with Gasteiger partial charge in [0.15, 0.2) is 5.96 Å². The molecule has 4 nitrogen and oxygen atoms in total. The van der Waals surface area contributed by atoms with Gasteiger partial charge in [-0.3, -0.25) is 4.99 Å². The van der Waals surface area contributed by atoms with Crippen molar-refractivity contribution in [2.75, 3.05) is 33.7 Å². The van der Waals surface area contributed by atoms with E-state index in [0.29, 0.717) is 0 Å². The number of halogens is 2. The number of unbranched alkanes of at least 4 members (excludes halogenated alkanes) is 1. The van der Waals surface area contributed by atoms with Gasteiger partial charge in [-0.15, -0.1) is 24.0 Å². The Hall–Kier alpha value is -0.530. The highest BCUT2D eigenvalue weighted by Gasteiger charge is 2.00. The third-order valence-corrected chi connectivity index (χ3v) is 3.53. The number of aliphatic imine (C=N–C) groups is 1. The second kappa shape index (κ2) is 13.0. The van der Waals surface area contributed by atoms with Crippen molar-refractivity contribution in [2.45, 2.75) is 26.3 Å². The summed E-state index contributed by atoms with van der Waals surface area (Å²) >= 11 is 5.87. The lowest BCUT2D eigenvalue weighted by Crippen LogP contribution is -2.40. The van der Waals surface area contributed by atoms with Crippen LogP contribution >= 0.6 is 35.6 Å². The molecule has 0 bridgehead atoms. The molecule has 1 rings (SSSR count). The average molecular weight is 439 g/mol. The Morgan fingerprint density at radius 3 is 2.45 bits per heavy atom. The molecule has 0 aromatic heterocycles. The minimum Gasteiger partial charge on any atom is -0.355 e. The highest BCUT2D eigenvalue weighted by atomic mass is 127. The van der Waals surface area contributed by atoms with E-state index >= 15 is 0 Å². The molecule has 0 heterocycles. The van der Waals surface area contributed by atoms with Crippen molar-refractivity contribution in [1.29, 1.82) is 0 Å². The molecule has 1 aromatic carbocycles. The maximum Gasteiger partial charge on any atom is 0.191 e. The number of nitrogens with one attached hydrogen (secondary N) is 2. The highest BCUT2D eigenvalue weighted by Crippen LogP contribution is 2.08. The Morgan fingerprint density at radius 2 is 1.86 bits per heavy atom. The Kier molecular flexibility index (Phi) is 12.6. The molecule has 0 spiro atoms. The summed E-state index contributed by atoms with van der Waals surface area (Å²) in [6, 6.07) is 7.83. The molecule has 2 N–H and O–H groups in total. The second-order valence-corrected chi connectivity index (χ2v) is 5.57. The van der Waals surface area contributed by atoms with E-state index < -0.39 is 0 Å². The number of hydrogen-bond donors (Lipinski definition) is 2. The van der Waals surface area contributed by atoms with Crippen molar-refractivity contribution in [3.63, 3.8) is 0 Å². The molecular weight excluding hydrogens is 411 g/mol. The third kappa shape index (κ3) is 9.48. The minimum absolute atomic E-state index is 0. The molecule has 0 unspecified atom stereocenters. The van der Waals surface area contributed by atoms with E-state index in [1.54, 1.807) is 7.05 Å². The van der Waals surface area contributed by atoms with Crippen molar-refractivity contribution in [2.24, 2.45) is 4.99 Å². The van der Waals surface area contributed by atoms with Crippen LogP contribution in [0.15, 0.2) is 29.3 Å². The second-order valence-electron chi connectivity index (χ2n) is 5.14. The van der Waals surface area contributed by atoms with Gasteiger partial charge in [0.25, 0.3) is 0 Å². The number of benzene rings is 1. The maximum absolute atomic E-state index is 5.87. The normalized spacial score (nSPS) is 11.2. The van der Waals surface area contributed by atoms with Gasteiger partial charge in [0.2, 0.25) is 0 Å². The van der Waals surface area contributed by atoms with Gasteiger partial charge in [0, 0.05) is 31.7 Å². The van der Waals surface area contributed by atoms with Crippen LogP contribution in [0.3, 0.4) is 0 Å². The monoisotopic (exact) mass is 438 g/mol. The first-order valence-electron chi connectivity index (χ1n) is 7.53. The van der Waals surface area contributed by atoms with Crippen LogP contribution in [-0.2, 0) is 6.54 Å². The molecule has 0 amide bonds. The first-order chi connectivity index (χ1) is 10.2. The fourth-order valence-corrected chi connectivity index (χ4v) is 2.04. The van der Waals surface area contributed by atoms with Gasteiger partial charge < -0.3 is 15.5 Å². The quantitative estimate of drug-likeness (QED) is 0.371. The first-order valence-corrected chi connectivity index (χ1v) is 7.91. The van der Waals surface area contributed by atoms with Gasteiger partial charge in [-0.1, -0.05) is 37.1 Å². The molecule has 0 aliphatic rings. The van der Waals surface area contributed by atoms with Crippen LogP contribution in [-0.4, -0.2) is 44.6 Å². The van der Waals surface area contributed by atoms with Crippen molar-refractivity contribution < 1.29 is 0 Å². The molecule has 22 heavy (non-hydrogen) atoms. The summed E-state index contributed by atoms with van der Waals surface area (Å²) in [4.78, 5) is 6.57. The van der Waals surface area contributed by atoms with Gasteiger partial charge in [-0.25, -0.2) is 0 Å². The number of nitrogens with zero attached hydrogens (tertiary/aromatic N) is 2. The average Bonchev–Trinajstić information content (AvgIpc) is 2.50. The van der Waals surface area contributed by atoms with E-state index in [1.807, 2.05) is 24.3 Å². The predicted molar refractivity (Wildman–Crippen MR) is 107 cm³/mol. The molecule has 0 fully saturated rings. The number of guanidine groups is 1. The summed E-state index contributed by atoms with van der Waals surface area (Å²) in [6.45, 7) is 6.01. The van der Waals surface area contributed by atoms with Gasteiger partial charge in [-0.05, 0) is 37.7 Å². The Morgan fingerprint density at radius 1 is 1.18 bits per heavy atom. The van der Waals surface area contributed by atoms with E-state index in [2.05, 4.69) is 34.5 Å². The molecule has 0 aliphatic carbocycles. The van der Waals surface area contributed by atoms with E-state index in [-0.39, 0.29) is 24.0 Å². The maximum atomic E-state index is 5.87. The lowest BCUT2D eigenvalue weighted by Gasteiger charge is -2.18. The molecule has 0 radical (unpaired) electrons. The lowest BCUT2D eigenvalue weighted by molar-refractivity contribution is 0.332. The minimum atomic E-state index is 0. The SMILES string of the molecule is CCCCN(C)CCNC(=NC)NCc1ccc(Cl)cc1.I. The molecule has 0 saturated carbocycles. The van der Waals surface area contributed by atoms with Gasteiger partial charge in [0.05, 0.1) is 0 Å². The summed E-state index contributed by atoms with van der Waals surface area (Å²) in [7, 11) is 3.94. The zero-order chi connectivity index (χ0) is 15.5. The van der Waals surface area contributed by atoms with Crippen LogP contribution < -0.4 is 10.6 Å². The zero-order valence-corrected chi connectivity index (χ0v) is 16.8. The summed E-state index contributed by atoms with van der Waals surface area (Å²) in [5.74, 6) is 0.828. The lowest BCUT2D eigenvalue weighted by atomic mass is 10.2. The van der Waals surface area contributed by atoms with Crippen molar-refractivity contribution in [1.82, 2.24) is 15.5 Å². The Balaban J connectivity index is 0.00000441. The fraction of sp³-hybridized carbons (Fsp3) is 0.562. The Labute approximate surface area is 156 Å². The molecule has 6 heteroatoms. The predicted octanol–water partition coefficient (Wildman–Crippen LogP) is 3.35. The summed E-state index contributed by atoms with van der Waals surface area (Å²) in [5.41, 5.74) is 1.18. The van der Waals surface area contributed by atoms with Crippen LogP contribution in [0, 0.1) is 0 Å². The summed E-state index contributed by atoms with van der Waals surface area (Å²) in [5, 5.41) is 7.39. The third-order valence-electron chi connectivity index (χ3n) is 3.28. The van der Waals surface area contributed by atoms with Crippen LogP contribution in [0.4, 0.5) is 0 Å². The van der Waals surface area contributed by atoms with Gasteiger partial charge in [-0.2, -0.15) is 0 Å². The van der Waals surface area contributed by atoms with Crippen LogP contribution in [0.1, 0.15) is 25.3 Å². The topological polar surface area (TPSA) is 39.7 Å². The molecule has 0 atom stereocenters. The smallest absolute Gasteiger partial charge is 0.191 e.